The van der Waals surface area contributed by atoms with Crippen LogP contribution in [0.15, 0.2) is 27.0 Å². The number of amides is 3. The van der Waals surface area contributed by atoms with Crippen LogP contribution >= 0.6 is 34.9 Å². The molecule has 21 heteroatoms. The first-order valence-electron chi connectivity index (χ1n) is 10.8. The van der Waals surface area contributed by atoms with E-state index in [1.807, 2.05) is 0 Å². The fourth-order valence-electron chi connectivity index (χ4n) is 3.81. The molecule has 6 N–H and O–H groups in total. The van der Waals surface area contributed by atoms with Gasteiger partial charge in [-0.15, -0.1) is 27.9 Å². The SMILES string of the molecule is Nc1nc(/C(=N/OC2CCNC2=O)C(=O)N[C@@H]2C(=O)N3C(C(=O)[O-])=C(CSc4nnnn4N)CS[C@H]23)cs1.[Na+]. The molecular weight excluding hydrogens is 585 g/mol. The maximum absolute atomic E-state index is 13.2. The van der Waals surface area contributed by atoms with Crippen LogP contribution in [0.2, 0.25) is 0 Å². The van der Waals surface area contributed by atoms with E-state index in [0.717, 1.165) is 32.8 Å². The molecule has 0 saturated carbocycles. The largest absolute Gasteiger partial charge is 1.00 e. The fraction of sp³-hybridized carbons (Fsp3) is 0.389. The number of fused-ring (bicyclic) bond motifs is 1. The number of aromatic nitrogens is 5. The molecule has 3 amide bonds. The molecule has 39 heavy (non-hydrogen) atoms. The molecule has 0 spiro atoms. The monoisotopic (exact) mass is 603 g/mol. The Bertz CT molecular complexity index is 1380. The van der Waals surface area contributed by atoms with Gasteiger partial charge >= 0.3 is 29.6 Å². The number of rotatable bonds is 9. The number of thiazole rings is 1. The van der Waals surface area contributed by atoms with Crippen molar-refractivity contribution in [1.29, 1.82) is 0 Å². The molecule has 3 atom stereocenters. The van der Waals surface area contributed by atoms with Gasteiger partial charge in [-0.3, -0.25) is 19.3 Å². The third kappa shape index (κ3) is 5.84. The normalized spacial score (nSPS) is 22.5. The molecule has 2 fully saturated rings. The standard InChI is InChI=1S/C18H19N11O6S3.Na/c19-17-22-7(5-37-17)9(25-35-8-1-2-21-12(8)30)13(31)23-10-14(32)28-11(16(33)34)6(3-36-15(10)28)4-38-18-24-26-27-29(18)20;/h5,8,10,15H,1-4,20H2,(H2,19,22)(H,21,30)(H,23,31)(H,33,34);/q;+1/p-1/b25-9-;/t8?,10-,15-;/m1./s1. The minimum Gasteiger partial charge on any atom is -0.543 e. The van der Waals surface area contributed by atoms with E-state index in [-0.39, 0.29) is 74.4 Å². The van der Waals surface area contributed by atoms with Gasteiger partial charge in [-0.25, -0.2) is 4.98 Å². The Morgan fingerprint density at radius 2 is 2.18 bits per heavy atom. The Morgan fingerprint density at radius 1 is 1.38 bits per heavy atom. The van der Waals surface area contributed by atoms with Gasteiger partial charge in [0.1, 0.15) is 17.1 Å². The first-order valence-corrected chi connectivity index (χ1v) is 13.7. The average Bonchev–Trinajstić information content (AvgIpc) is 3.62. The molecule has 0 radical (unpaired) electrons. The predicted octanol–water partition coefficient (Wildman–Crippen LogP) is -6.76. The van der Waals surface area contributed by atoms with Gasteiger partial charge in [0.2, 0.25) is 11.3 Å². The third-order valence-electron chi connectivity index (χ3n) is 5.61. The van der Waals surface area contributed by atoms with Gasteiger partial charge in [-0.05, 0) is 16.0 Å². The molecule has 2 aromatic rings. The van der Waals surface area contributed by atoms with Crippen LogP contribution in [0.5, 0.6) is 0 Å². The van der Waals surface area contributed by atoms with Crippen LogP contribution in [-0.4, -0.2) is 95.2 Å². The molecule has 17 nitrogen and oxygen atoms in total. The van der Waals surface area contributed by atoms with E-state index in [1.54, 1.807) is 0 Å². The number of carbonyl (C=O) groups is 4. The Morgan fingerprint density at radius 3 is 2.79 bits per heavy atom. The number of carboxylic acids is 1. The Kier molecular flexibility index (Phi) is 9.01. The molecule has 0 aromatic carbocycles. The van der Waals surface area contributed by atoms with Crippen molar-refractivity contribution in [3.63, 3.8) is 0 Å². The van der Waals surface area contributed by atoms with E-state index in [0.29, 0.717) is 18.5 Å². The molecule has 2 aromatic heterocycles. The summed E-state index contributed by atoms with van der Waals surface area (Å²) in [5.41, 5.74) is 5.65. The summed E-state index contributed by atoms with van der Waals surface area (Å²) in [7, 11) is 0. The van der Waals surface area contributed by atoms with E-state index >= 15 is 0 Å². The predicted molar refractivity (Wildman–Crippen MR) is 131 cm³/mol. The molecule has 3 aliphatic rings. The van der Waals surface area contributed by atoms with Crippen LogP contribution in [0.25, 0.3) is 0 Å². The number of nitrogens with one attached hydrogen (secondary N) is 2. The number of hydrogen-bond acceptors (Lipinski definition) is 16. The number of oxime groups is 1. The number of nitrogen functional groups attached to an aromatic ring is 2. The summed E-state index contributed by atoms with van der Waals surface area (Å²) in [4.78, 5) is 61.3. The van der Waals surface area contributed by atoms with Gasteiger partial charge in [0.05, 0.1) is 11.7 Å². The van der Waals surface area contributed by atoms with Crippen LogP contribution in [0, 0.1) is 0 Å². The Labute approximate surface area is 253 Å². The van der Waals surface area contributed by atoms with E-state index in [4.69, 9.17) is 16.4 Å². The van der Waals surface area contributed by atoms with Crippen molar-refractivity contribution >= 4 is 69.4 Å². The number of carboxylic acid groups (broad SMARTS) is 1. The molecule has 200 valence electrons. The summed E-state index contributed by atoms with van der Waals surface area (Å²) in [6.45, 7) is 0.410. The number of nitrogens with zero attached hydrogens (tertiary/aromatic N) is 7. The number of aliphatic carboxylic acids is 1. The van der Waals surface area contributed by atoms with Crippen LogP contribution in [-0.2, 0) is 24.0 Å². The van der Waals surface area contributed by atoms with Crippen molar-refractivity contribution in [3.05, 3.63) is 22.3 Å². The quantitative estimate of drug-likeness (QED) is 0.0519. The second kappa shape index (κ2) is 12.1. The molecule has 1 unspecified atom stereocenters. The Balaban J connectivity index is 0.00000353. The second-order valence-corrected chi connectivity index (χ2v) is 10.9. The number of tetrazole rings is 1. The third-order valence-corrected chi connectivity index (χ3v) is 8.65. The summed E-state index contributed by atoms with van der Waals surface area (Å²) in [5.74, 6) is 2.63. The zero-order valence-corrected chi connectivity index (χ0v) is 24.5. The number of anilines is 1. The number of thioether (sulfide) groups is 2. The smallest absolute Gasteiger partial charge is 0.543 e. The zero-order chi connectivity index (χ0) is 27.0. The topological polar surface area (TPSA) is 249 Å². The van der Waals surface area contributed by atoms with Gasteiger partial charge in [0, 0.05) is 29.9 Å². The minimum atomic E-state index is -1.53. The van der Waals surface area contributed by atoms with E-state index in [9.17, 15) is 24.3 Å². The molecule has 3 aliphatic heterocycles. The van der Waals surface area contributed by atoms with Crippen LogP contribution in [0.4, 0.5) is 5.13 Å². The number of carbonyl (C=O) groups excluding carboxylic acids is 4. The number of hydrogen-bond donors (Lipinski definition) is 4. The summed E-state index contributed by atoms with van der Waals surface area (Å²) < 4.78 is 0. The molecule has 5 heterocycles. The summed E-state index contributed by atoms with van der Waals surface area (Å²) in [6.07, 6.45) is -0.510. The molecule has 5 rings (SSSR count). The molecule has 0 bridgehead atoms. The van der Waals surface area contributed by atoms with Gasteiger partial charge in [-0.1, -0.05) is 22.0 Å². The van der Waals surface area contributed by atoms with Crippen LogP contribution in [0.3, 0.4) is 0 Å². The number of nitrogens with two attached hydrogens (primary N) is 2. The van der Waals surface area contributed by atoms with Crippen LogP contribution < -0.4 is 56.9 Å². The van der Waals surface area contributed by atoms with Crippen LogP contribution in [0.1, 0.15) is 12.1 Å². The van der Waals surface area contributed by atoms with E-state index in [1.165, 1.54) is 17.1 Å². The zero-order valence-electron chi connectivity index (χ0n) is 20.1. The van der Waals surface area contributed by atoms with E-state index in [2.05, 4.69) is 36.3 Å². The Hall–Kier alpha value is -2.91. The van der Waals surface area contributed by atoms with Crippen molar-refractivity contribution in [3.8, 4) is 0 Å². The molecular formula is C18H18N11NaO6S3. The van der Waals surface area contributed by atoms with Gasteiger partial charge in [0.25, 0.3) is 17.7 Å². The molecule has 2 saturated heterocycles. The maximum Gasteiger partial charge on any atom is 1.00 e. The van der Waals surface area contributed by atoms with Gasteiger partial charge in [0.15, 0.2) is 10.8 Å². The molecule has 0 aliphatic carbocycles. The fourth-order valence-corrected chi connectivity index (χ4v) is 6.64. The summed E-state index contributed by atoms with van der Waals surface area (Å²) in [5, 5.41) is 32.8. The maximum atomic E-state index is 13.2. The minimum absolute atomic E-state index is 0. The van der Waals surface area contributed by atoms with Gasteiger partial charge in [-0.2, -0.15) is 0 Å². The van der Waals surface area contributed by atoms with Crippen molar-refractivity contribution in [2.45, 2.75) is 29.1 Å². The van der Waals surface area contributed by atoms with Gasteiger partial charge < -0.3 is 36.9 Å². The van der Waals surface area contributed by atoms with E-state index < -0.39 is 35.3 Å². The summed E-state index contributed by atoms with van der Waals surface area (Å²) in [6, 6.07) is -1.05. The number of β-lactam (4-membered cyclic amide) rings is 1. The van der Waals surface area contributed by atoms with Crippen molar-refractivity contribution in [2.24, 2.45) is 5.16 Å². The first-order chi connectivity index (χ1) is 18.2. The van der Waals surface area contributed by atoms with Crippen molar-refractivity contribution in [1.82, 2.24) is 40.8 Å². The summed E-state index contributed by atoms with van der Waals surface area (Å²) >= 11 is 3.43. The second-order valence-electron chi connectivity index (χ2n) is 7.98. The van der Waals surface area contributed by atoms with Crippen molar-refractivity contribution in [2.75, 3.05) is 29.6 Å². The average molecular weight is 604 g/mol. The van der Waals surface area contributed by atoms with Crippen molar-refractivity contribution < 1.29 is 58.7 Å². The first kappa shape index (κ1) is 29.1.